The first-order valence-electron chi connectivity index (χ1n) is 5.13. The molecule has 0 fully saturated rings. The minimum atomic E-state index is -0.293. The van der Waals surface area contributed by atoms with Gasteiger partial charge in [-0.25, -0.2) is 0 Å². The van der Waals surface area contributed by atoms with Crippen LogP contribution < -0.4 is 10.9 Å². The summed E-state index contributed by atoms with van der Waals surface area (Å²) < 4.78 is 1.40. The number of aliphatic hydroxyl groups is 1. The monoisotopic (exact) mass is 224 g/mol. The summed E-state index contributed by atoms with van der Waals surface area (Å²) in [5.74, 6) is -0.293. The highest BCUT2D eigenvalue weighted by atomic mass is 16.3. The first-order valence-corrected chi connectivity index (χ1v) is 5.13. The highest BCUT2D eigenvalue weighted by molar-refractivity contribution is 5.94. The molecule has 5 heteroatoms. The molecule has 0 saturated carbocycles. The lowest BCUT2D eigenvalue weighted by molar-refractivity contribution is 0.0934. The van der Waals surface area contributed by atoms with E-state index in [-0.39, 0.29) is 24.1 Å². The van der Waals surface area contributed by atoms with Gasteiger partial charge in [-0.2, -0.15) is 0 Å². The molecule has 88 valence electrons. The zero-order chi connectivity index (χ0) is 12.1. The van der Waals surface area contributed by atoms with Crippen LogP contribution in [0.2, 0.25) is 0 Å². The Balaban J connectivity index is 2.73. The molecule has 1 aromatic heterocycles. The van der Waals surface area contributed by atoms with Gasteiger partial charge in [0, 0.05) is 37.5 Å². The van der Waals surface area contributed by atoms with Crippen LogP contribution in [0.5, 0.6) is 0 Å². The molecule has 0 aliphatic heterocycles. The average molecular weight is 224 g/mol. The van der Waals surface area contributed by atoms with Crippen molar-refractivity contribution in [3.63, 3.8) is 0 Å². The summed E-state index contributed by atoms with van der Waals surface area (Å²) in [6.45, 7) is 1.83. The van der Waals surface area contributed by atoms with Gasteiger partial charge >= 0.3 is 0 Å². The number of carbonyl (C=O) groups is 1. The lowest BCUT2D eigenvalue weighted by atomic mass is 10.2. The fraction of sp³-hybridized carbons (Fsp3) is 0.455. The van der Waals surface area contributed by atoms with Gasteiger partial charge in [-0.1, -0.05) is 0 Å². The highest BCUT2D eigenvalue weighted by Crippen LogP contribution is 1.97. The third kappa shape index (κ3) is 3.20. The van der Waals surface area contributed by atoms with Crippen molar-refractivity contribution in [2.24, 2.45) is 7.05 Å². The summed E-state index contributed by atoms with van der Waals surface area (Å²) in [6, 6.07) is 2.77. The maximum Gasteiger partial charge on any atom is 0.251 e. The van der Waals surface area contributed by atoms with Crippen molar-refractivity contribution in [2.75, 3.05) is 6.61 Å². The second-order valence-corrected chi connectivity index (χ2v) is 3.75. The summed E-state index contributed by atoms with van der Waals surface area (Å²) in [6.07, 6.45) is 2.05. The standard InChI is InChI=1S/C11H16N2O3/c1-8(4-6-14)12-11(16)9-3-5-13(2)10(15)7-9/h3,5,7-8,14H,4,6H2,1-2H3,(H,12,16). The Morgan fingerprint density at radius 3 is 2.88 bits per heavy atom. The van der Waals surface area contributed by atoms with E-state index in [1.807, 2.05) is 0 Å². The Morgan fingerprint density at radius 2 is 2.31 bits per heavy atom. The van der Waals surface area contributed by atoms with Crippen LogP contribution in [0.4, 0.5) is 0 Å². The van der Waals surface area contributed by atoms with E-state index in [1.54, 1.807) is 26.2 Å². The lowest BCUT2D eigenvalue weighted by Gasteiger charge is -2.12. The molecule has 1 heterocycles. The van der Waals surface area contributed by atoms with Gasteiger partial charge in [0.2, 0.25) is 0 Å². The first kappa shape index (κ1) is 12.4. The molecule has 0 spiro atoms. The zero-order valence-corrected chi connectivity index (χ0v) is 9.43. The number of aryl methyl sites for hydroxylation is 1. The highest BCUT2D eigenvalue weighted by Gasteiger charge is 2.09. The molecule has 16 heavy (non-hydrogen) atoms. The summed E-state index contributed by atoms with van der Waals surface area (Å²) in [4.78, 5) is 23.0. The van der Waals surface area contributed by atoms with Gasteiger partial charge in [0.25, 0.3) is 11.5 Å². The van der Waals surface area contributed by atoms with Crippen molar-refractivity contribution in [1.29, 1.82) is 0 Å². The van der Waals surface area contributed by atoms with E-state index < -0.39 is 0 Å². The van der Waals surface area contributed by atoms with Crippen LogP contribution in [0.15, 0.2) is 23.1 Å². The van der Waals surface area contributed by atoms with E-state index >= 15 is 0 Å². The topological polar surface area (TPSA) is 71.3 Å². The van der Waals surface area contributed by atoms with Crippen LogP contribution in [0.1, 0.15) is 23.7 Å². The number of hydrogen-bond donors (Lipinski definition) is 2. The van der Waals surface area contributed by atoms with Gasteiger partial charge in [-0.15, -0.1) is 0 Å². The van der Waals surface area contributed by atoms with E-state index in [0.29, 0.717) is 12.0 Å². The van der Waals surface area contributed by atoms with Gasteiger partial charge in [0.1, 0.15) is 0 Å². The van der Waals surface area contributed by atoms with Crippen molar-refractivity contribution >= 4 is 5.91 Å². The van der Waals surface area contributed by atoms with Gasteiger partial charge in [-0.05, 0) is 19.4 Å². The predicted octanol–water partition coefficient (Wildman–Crippen LogP) is -0.114. The zero-order valence-electron chi connectivity index (χ0n) is 9.43. The van der Waals surface area contributed by atoms with Crippen molar-refractivity contribution in [1.82, 2.24) is 9.88 Å². The summed E-state index contributed by atoms with van der Waals surface area (Å²) >= 11 is 0. The molecule has 0 bridgehead atoms. The van der Waals surface area contributed by atoms with Crippen LogP contribution in [0.25, 0.3) is 0 Å². The smallest absolute Gasteiger partial charge is 0.251 e. The van der Waals surface area contributed by atoms with E-state index in [1.165, 1.54) is 10.6 Å². The number of aromatic nitrogens is 1. The Hall–Kier alpha value is -1.62. The molecular weight excluding hydrogens is 208 g/mol. The molecule has 0 aliphatic carbocycles. The molecule has 0 aliphatic rings. The normalized spacial score (nSPS) is 12.2. The quantitative estimate of drug-likeness (QED) is 0.749. The number of nitrogens with one attached hydrogen (secondary N) is 1. The molecule has 0 radical (unpaired) electrons. The SMILES string of the molecule is CC(CCO)NC(=O)c1ccn(C)c(=O)c1. The van der Waals surface area contributed by atoms with E-state index in [9.17, 15) is 9.59 Å². The van der Waals surface area contributed by atoms with E-state index in [4.69, 9.17) is 5.11 Å². The fourth-order valence-corrected chi connectivity index (χ4v) is 1.26. The maximum atomic E-state index is 11.7. The van der Waals surface area contributed by atoms with Crippen LogP contribution in [0.3, 0.4) is 0 Å². The van der Waals surface area contributed by atoms with Crippen molar-refractivity contribution in [3.8, 4) is 0 Å². The summed E-state index contributed by atoms with van der Waals surface area (Å²) in [5, 5.41) is 11.4. The fourth-order valence-electron chi connectivity index (χ4n) is 1.26. The summed E-state index contributed by atoms with van der Waals surface area (Å²) in [7, 11) is 1.62. The molecule has 0 saturated heterocycles. The van der Waals surface area contributed by atoms with Gasteiger partial charge in [0.15, 0.2) is 0 Å². The van der Waals surface area contributed by atoms with Gasteiger partial charge in [-0.3, -0.25) is 9.59 Å². The van der Waals surface area contributed by atoms with Gasteiger partial charge < -0.3 is 15.0 Å². The second-order valence-electron chi connectivity index (χ2n) is 3.75. The number of amides is 1. The first-order chi connectivity index (χ1) is 7.54. The van der Waals surface area contributed by atoms with Crippen molar-refractivity contribution in [2.45, 2.75) is 19.4 Å². The lowest BCUT2D eigenvalue weighted by Crippen LogP contribution is -2.34. The van der Waals surface area contributed by atoms with E-state index in [2.05, 4.69) is 5.32 Å². The van der Waals surface area contributed by atoms with Crippen LogP contribution in [0, 0.1) is 0 Å². The molecule has 2 N–H and O–H groups in total. The average Bonchev–Trinajstić information content (AvgIpc) is 2.22. The van der Waals surface area contributed by atoms with Crippen molar-refractivity contribution in [3.05, 3.63) is 34.2 Å². The number of rotatable bonds is 4. The Morgan fingerprint density at radius 1 is 1.62 bits per heavy atom. The van der Waals surface area contributed by atoms with Crippen molar-refractivity contribution < 1.29 is 9.90 Å². The maximum absolute atomic E-state index is 11.7. The van der Waals surface area contributed by atoms with E-state index in [0.717, 1.165) is 0 Å². The largest absolute Gasteiger partial charge is 0.396 e. The molecular formula is C11H16N2O3. The molecule has 5 nitrogen and oxygen atoms in total. The Bertz CT molecular complexity index is 425. The van der Waals surface area contributed by atoms with Crippen LogP contribution >= 0.6 is 0 Å². The Labute approximate surface area is 93.7 Å². The number of pyridine rings is 1. The van der Waals surface area contributed by atoms with Crippen LogP contribution in [-0.4, -0.2) is 28.2 Å². The second kappa shape index (κ2) is 5.46. The number of nitrogens with zero attached hydrogens (tertiary/aromatic N) is 1. The van der Waals surface area contributed by atoms with Crippen LogP contribution in [-0.2, 0) is 7.05 Å². The molecule has 1 unspecified atom stereocenters. The molecule has 1 atom stereocenters. The number of hydrogen-bond acceptors (Lipinski definition) is 3. The third-order valence-corrected chi connectivity index (χ3v) is 2.31. The van der Waals surface area contributed by atoms with Gasteiger partial charge in [0.05, 0.1) is 0 Å². The third-order valence-electron chi connectivity index (χ3n) is 2.31. The molecule has 1 amide bonds. The molecule has 0 aromatic carbocycles. The number of carbonyl (C=O) groups excluding carboxylic acids is 1. The number of aliphatic hydroxyl groups excluding tert-OH is 1. The molecule has 1 aromatic rings. The molecule has 1 rings (SSSR count). The summed E-state index contributed by atoms with van der Waals surface area (Å²) in [5.41, 5.74) is 0.121. The minimum absolute atomic E-state index is 0.0258. The minimum Gasteiger partial charge on any atom is -0.396 e. The Kier molecular flexibility index (Phi) is 4.25. The predicted molar refractivity (Wildman–Crippen MR) is 60.3 cm³/mol.